The first-order valence-corrected chi connectivity index (χ1v) is 8.47. The number of carbonyl (C=O) groups is 3. The number of amides is 1. The summed E-state index contributed by atoms with van der Waals surface area (Å²) in [7, 11) is 0. The average Bonchev–Trinajstić information content (AvgIpc) is 2.59. The molecule has 0 saturated heterocycles. The van der Waals surface area contributed by atoms with Crippen LogP contribution in [-0.2, 0) is 9.59 Å². The number of aliphatic hydroxyl groups excluding tert-OH is 1. The van der Waals surface area contributed by atoms with E-state index < -0.39 is 28.8 Å². The molecule has 0 heterocycles. The summed E-state index contributed by atoms with van der Waals surface area (Å²) in [6.07, 6.45) is 6.50. The number of aliphatic hydroxyl groups is 1. The SMILES string of the molecule is CCCCCCCCNC(=O)C1=C(O)c2ccccc2C(=O)C1=O. The molecule has 2 rings (SSSR count). The normalized spacial score (nSPS) is 13.9. The maximum absolute atomic E-state index is 12.2. The van der Waals surface area contributed by atoms with Crippen LogP contribution in [0.5, 0.6) is 0 Å². The molecule has 5 heteroatoms. The molecule has 1 aromatic rings. The molecule has 0 spiro atoms. The Hall–Kier alpha value is -2.43. The highest BCUT2D eigenvalue weighted by atomic mass is 16.3. The van der Waals surface area contributed by atoms with Gasteiger partial charge < -0.3 is 10.4 Å². The van der Waals surface area contributed by atoms with E-state index in [0.717, 1.165) is 19.3 Å². The molecule has 0 saturated carbocycles. The van der Waals surface area contributed by atoms with Crippen LogP contribution < -0.4 is 5.32 Å². The van der Waals surface area contributed by atoms with E-state index in [1.165, 1.54) is 31.4 Å². The van der Waals surface area contributed by atoms with Gasteiger partial charge >= 0.3 is 0 Å². The molecule has 0 fully saturated rings. The Morgan fingerprint density at radius 3 is 2.29 bits per heavy atom. The third-order valence-electron chi connectivity index (χ3n) is 4.14. The Kier molecular flexibility index (Phi) is 6.29. The van der Waals surface area contributed by atoms with Gasteiger partial charge in [-0.1, -0.05) is 63.3 Å². The second-order valence-corrected chi connectivity index (χ2v) is 5.95. The van der Waals surface area contributed by atoms with E-state index in [4.69, 9.17) is 0 Å². The fourth-order valence-electron chi connectivity index (χ4n) is 2.77. The lowest BCUT2D eigenvalue weighted by Crippen LogP contribution is -2.35. The topological polar surface area (TPSA) is 83.5 Å². The van der Waals surface area contributed by atoms with Gasteiger partial charge in [0.25, 0.3) is 5.91 Å². The summed E-state index contributed by atoms with van der Waals surface area (Å²) in [6.45, 7) is 2.58. The van der Waals surface area contributed by atoms with Gasteiger partial charge in [0.15, 0.2) is 0 Å². The minimum atomic E-state index is -0.952. The van der Waals surface area contributed by atoms with E-state index in [0.29, 0.717) is 6.54 Å². The summed E-state index contributed by atoms with van der Waals surface area (Å²) < 4.78 is 0. The van der Waals surface area contributed by atoms with Crippen LogP contribution in [0.2, 0.25) is 0 Å². The number of carbonyl (C=O) groups excluding carboxylic acids is 3. The van der Waals surface area contributed by atoms with E-state index in [1.807, 2.05) is 0 Å². The zero-order valence-corrected chi connectivity index (χ0v) is 13.9. The first kappa shape index (κ1) is 17.9. The summed E-state index contributed by atoms with van der Waals surface area (Å²) in [6, 6.07) is 6.25. The van der Waals surface area contributed by atoms with E-state index in [2.05, 4.69) is 12.2 Å². The fraction of sp³-hybridized carbons (Fsp3) is 0.421. The number of benzene rings is 1. The molecule has 1 aliphatic carbocycles. The molecule has 2 N–H and O–H groups in total. The van der Waals surface area contributed by atoms with Crippen LogP contribution in [0.15, 0.2) is 29.8 Å². The number of Topliss-reactive ketones (excluding diaryl/α,β-unsaturated/α-hetero) is 2. The van der Waals surface area contributed by atoms with Gasteiger partial charge in [-0.15, -0.1) is 0 Å². The number of nitrogens with one attached hydrogen (secondary N) is 1. The standard InChI is InChI=1S/C19H23NO4/c1-2-3-4-5-6-9-12-20-19(24)15-16(21)13-10-7-8-11-14(13)17(22)18(15)23/h7-8,10-11,21H,2-6,9,12H2,1H3,(H,20,24). The number of fused-ring (bicyclic) bond motifs is 1. The van der Waals surface area contributed by atoms with Gasteiger partial charge in [-0.3, -0.25) is 14.4 Å². The van der Waals surface area contributed by atoms with Crippen molar-refractivity contribution in [3.8, 4) is 0 Å². The predicted octanol–water partition coefficient (Wildman–Crippen LogP) is 3.20. The highest BCUT2D eigenvalue weighted by molar-refractivity contribution is 6.57. The minimum absolute atomic E-state index is 0.132. The first-order chi connectivity index (χ1) is 11.6. The van der Waals surface area contributed by atoms with Crippen LogP contribution in [0.3, 0.4) is 0 Å². The molecular weight excluding hydrogens is 306 g/mol. The van der Waals surface area contributed by atoms with Crippen LogP contribution in [0.1, 0.15) is 61.4 Å². The fourth-order valence-corrected chi connectivity index (χ4v) is 2.77. The van der Waals surface area contributed by atoms with Crippen molar-refractivity contribution in [2.24, 2.45) is 0 Å². The first-order valence-electron chi connectivity index (χ1n) is 8.47. The number of hydrogen-bond acceptors (Lipinski definition) is 4. The van der Waals surface area contributed by atoms with Crippen LogP contribution in [0.4, 0.5) is 0 Å². The van der Waals surface area contributed by atoms with Crippen molar-refractivity contribution in [1.29, 1.82) is 0 Å². The van der Waals surface area contributed by atoms with E-state index in [9.17, 15) is 19.5 Å². The number of hydrogen-bond donors (Lipinski definition) is 2. The maximum Gasteiger partial charge on any atom is 0.259 e. The number of rotatable bonds is 8. The van der Waals surface area contributed by atoms with Crippen LogP contribution in [0, 0.1) is 0 Å². The van der Waals surface area contributed by atoms with Gasteiger partial charge in [-0.25, -0.2) is 0 Å². The molecule has 0 aromatic heterocycles. The van der Waals surface area contributed by atoms with Crippen molar-refractivity contribution in [3.63, 3.8) is 0 Å². The Morgan fingerprint density at radius 2 is 1.58 bits per heavy atom. The summed E-state index contributed by atoms with van der Waals surface area (Å²) >= 11 is 0. The van der Waals surface area contributed by atoms with Crippen LogP contribution >= 0.6 is 0 Å². The molecule has 5 nitrogen and oxygen atoms in total. The molecule has 1 aliphatic rings. The molecule has 0 bridgehead atoms. The van der Waals surface area contributed by atoms with E-state index >= 15 is 0 Å². The quantitative estimate of drug-likeness (QED) is 0.436. The van der Waals surface area contributed by atoms with Gasteiger partial charge in [0.2, 0.25) is 11.6 Å². The van der Waals surface area contributed by atoms with Crippen LogP contribution in [0.25, 0.3) is 5.76 Å². The van der Waals surface area contributed by atoms with Gasteiger partial charge in [0.1, 0.15) is 11.3 Å². The predicted molar refractivity (Wildman–Crippen MR) is 91.7 cm³/mol. The van der Waals surface area contributed by atoms with Gasteiger partial charge in [0.05, 0.1) is 0 Å². The lowest BCUT2D eigenvalue weighted by atomic mass is 9.88. The summed E-state index contributed by atoms with van der Waals surface area (Å²) in [4.78, 5) is 36.4. The highest BCUT2D eigenvalue weighted by Gasteiger charge is 2.36. The molecule has 0 atom stereocenters. The van der Waals surface area contributed by atoms with Gasteiger partial charge in [-0.2, -0.15) is 0 Å². The Bertz CT molecular complexity index is 676. The van der Waals surface area contributed by atoms with Crippen molar-refractivity contribution in [1.82, 2.24) is 5.32 Å². The van der Waals surface area contributed by atoms with E-state index in [-0.39, 0.29) is 11.1 Å². The minimum Gasteiger partial charge on any atom is -0.506 e. The molecular formula is C19H23NO4. The molecule has 24 heavy (non-hydrogen) atoms. The molecule has 0 aliphatic heterocycles. The Labute approximate surface area is 141 Å². The molecule has 1 amide bonds. The van der Waals surface area contributed by atoms with Crippen LogP contribution in [-0.4, -0.2) is 29.1 Å². The second kappa shape index (κ2) is 8.43. The summed E-state index contributed by atoms with van der Waals surface area (Å²) in [5, 5.41) is 12.9. The van der Waals surface area contributed by atoms with Crippen molar-refractivity contribution < 1.29 is 19.5 Å². The van der Waals surface area contributed by atoms with Crippen molar-refractivity contribution in [2.45, 2.75) is 45.4 Å². The lowest BCUT2D eigenvalue weighted by molar-refractivity contribution is -0.121. The Morgan fingerprint density at radius 1 is 0.958 bits per heavy atom. The van der Waals surface area contributed by atoms with Gasteiger partial charge in [-0.05, 0) is 6.42 Å². The monoisotopic (exact) mass is 329 g/mol. The second-order valence-electron chi connectivity index (χ2n) is 5.95. The third-order valence-corrected chi connectivity index (χ3v) is 4.14. The number of ketones is 2. The zero-order valence-electron chi connectivity index (χ0n) is 13.9. The van der Waals surface area contributed by atoms with Crippen molar-refractivity contribution in [2.75, 3.05) is 6.54 Å². The largest absolute Gasteiger partial charge is 0.506 e. The Balaban J connectivity index is 1.99. The summed E-state index contributed by atoms with van der Waals surface area (Å²) in [5.41, 5.74) is -0.0935. The summed E-state index contributed by atoms with van der Waals surface area (Å²) in [5.74, 6) is -2.82. The third kappa shape index (κ3) is 3.91. The highest BCUT2D eigenvalue weighted by Crippen LogP contribution is 2.27. The average molecular weight is 329 g/mol. The van der Waals surface area contributed by atoms with Crippen molar-refractivity contribution in [3.05, 3.63) is 41.0 Å². The lowest BCUT2D eigenvalue weighted by Gasteiger charge is -2.17. The smallest absolute Gasteiger partial charge is 0.259 e. The number of unbranched alkanes of at least 4 members (excludes halogenated alkanes) is 5. The molecule has 0 unspecified atom stereocenters. The maximum atomic E-state index is 12.2. The molecule has 0 radical (unpaired) electrons. The van der Waals surface area contributed by atoms with Gasteiger partial charge in [0, 0.05) is 17.7 Å². The zero-order chi connectivity index (χ0) is 17.5. The molecule has 128 valence electrons. The molecule has 1 aromatic carbocycles. The van der Waals surface area contributed by atoms with Crippen molar-refractivity contribution >= 4 is 23.2 Å². The van der Waals surface area contributed by atoms with E-state index in [1.54, 1.807) is 12.1 Å².